The number of phenols is 1. The number of aliphatic hydroxyl groups is 1. The third kappa shape index (κ3) is 2.88. The van der Waals surface area contributed by atoms with Gasteiger partial charge in [0.15, 0.2) is 5.75 Å². The molecule has 0 heterocycles. The van der Waals surface area contributed by atoms with E-state index in [4.69, 9.17) is 5.73 Å². The number of carbonyl (C=O) groups excluding carboxylic acids is 1. The van der Waals surface area contributed by atoms with Gasteiger partial charge in [-0.1, -0.05) is 25.8 Å². The van der Waals surface area contributed by atoms with Gasteiger partial charge in [-0.2, -0.15) is 0 Å². The molecule has 1 amide bonds. The number of nitrogens with two attached hydrogens (primary N) is 1. The molecular weight excluding hydrogens is 256 g/mol. The number of amides is 1. The molecule has 0 aromatic heterocycles. The van der Waals surface area contributed by atoms with Crippen LogP contribution in [0.2, 0.25) is 0 Å². The highest BCUT2D eigenvalue weighted by Crippen LogP contribution is 2.33. The normalized spacial score (nSPS) is 26.2. The number of hydrogen-bond donors (Lipinski definition) is 4. The number of aromatic hydroxyl groups is 1. The molecule has 1 aliphatic rings. The van der Waals surface area contributed by atoms with Gasteiger partial charge in [0.2, 0.25) is 0 Å². The van der Waals surface area contributed by atoms with Crippen LogP contribution < -0.4 is 11.1 Å². The van der Waals surface area contributed by atoms with Crippen LogP contribution in [0.5, 0.6) is 5.75 Å². The second kappa shape index (κ2) is 5.71. The van der Waals surface area contributed by atoms with Gasteiger partial charge in [0, 0.05) is 0 Å². The van der Waals surface area contributed by atoms with E-state index in [-0.39, 0.29) is 23.6 Å². The molecule has 1 aliphatic carbocycles. The minimum Gasteiger partial charge on any atom is -0.505 e. The van der Waals surface area contributed by atoms with Crippen LogP contribution in [-0.4, -0.2) is 28.3 Å². The first-order chi connectivity index (χ1) is 9.47. The summed E-state index contributed by atoms with van der Waals surface area (Å²) in [6, 6.07) is 4.69. The summed E-state index contributed by atoms with van der Waals surface area (Å²) in [5.74, 6) is -0.134. The van der Waals surface area contributed by atoms with E-state index in [1.807, 2.05) is 0 Å². The third-order valence-corrected chi connectivity index (χ3v) is 4.08. The van der Waals surface area contributed by atoms with Gasteiger partial charge < -0.3 is 21.3 Å². The van der Waals surface area contributed by atoms with E-state index in [2.05, 4.69) is 12.2 Å². The number of nitrogens with one attached hydrogen (secondary N) is 1. The molecule has 0 aliphatic heterocycles. The highest BCUT2D eigenvalue weighted by Gasteiger charge is 2.36. The van der Waals surface area contributed by atoms with Crippen molar-refractivity contribution in [2.45, 2.75) is 38.1 Å². The van der Waals surface area contributed by atoms with Crippen LogP contribution in [-0.2, 0) is 0 Å². The van der Waals surface area contributed by atoms with Crippen molar-refractivity contribution in [3.8, 4) is 5.75 Å². The Labute approximate surface area is 118 Å². The van der Waals surface area contributed by atoms with Gasteiger partial charge in [0.1, 0.15) is 0 Å². The van der Waals surface area contributed by atoms with E-state index in [9.17, 15) is 15.0 Å². The lowest BCUT2D eigenvalue weighted by molar-refractivity contribution is 0.0695. The minimum atomic E-state index is -0.591. The van der Waals surface area contributed by atoms with Gasteiger partial charge in [-0.15, -0.1) is 0 Å². The van der Waals surface area contributed by atoms with Crippen molar-refractivity contribution in [2.24, 2.45) is 5.92 Å². The monoisotopic (exact) mass is 278 g/mol. The summed E-state index contributed by atoms with van der Waals surface area (Å²) in [6.45, 7) is 2.03. The van der Waals surface area contributed by atoms with Gasteiger partial charge in [0.25, 0.3) is 5.91 Å². The van der Waals surface area contributed by atoms with Gasteiger partial charge in [-0.05, 0) is 30.9 Å². The number of phenolic OH excluding ortho intramolecular Hbond substituents is 1. The number of aliphatic hydroxyl groups excluding tert-OH is 1. The molecule has 1 saturated carbocycles. The number of benzene rings is 1. The second-order valence-electron chi connectivity index (χ2n) is 5.84. The molecule has 2 atom stereocenters. The fourth-order valence-corrected chi connectivity index (χ4v) is 3.01. The van der Waals surface area contributed by atoms with Gasteiger partial charge in [-0.25, -0.2) is 0 Å². The topological polar surface area (TPSA) is 95.6 Å². The quantitative estimate of drug-likeness (QED) is 0.499. The van der Waals surface area contributed by atoms with Crippen molar-refractivity contribution in [1.82, 2.24) is 5.32 Å². The number of para-hydroxylation sites is 1. The Morgan fingerprint density at radius 2 is 2.30 bits per heavy atom. The summed E-state index contributed by atoms with van der Waals surface area (Å²) in [5, 5.41) is 22.4. The lowest BCUT2D eigenvalue weighted by Gasteiger charge is -2.39. The van der Waals surface area contributed by atoms with Crippen LogP contribution in [0.1, 0.15) is 43.0 Å². The summed E-state index contributed by atoms with van der Waals surface area (Å²) in [7, 11) is 0. The number of nitrogen functional groups attached to an aromatic ring is 1. The Bertz CT molecular complexity index is 504. The highest BCUT2D eigenvalue weighted by atomic mass is 16.3. The fraction of sp³-hybridized carbons (Fsp3) is 0.533. The molecule has 2 unspecified atom stereocenters. The van der Waals surface area contributed by atoms with Crippen LogP contribution in [0.3, 0.4) is 0 Å². The molecule has 0 spiro atoms. The number of anilines is 1. The zero-order valence-electron chi connectivity index (χ0n) is 11.7. The number of hydrogen-bond acceptors (Lipinski definition) is 4. The molecule has 0 saturated heterocycles. The summed E-state index contributed by atoms with van der Waals surface area (Å²) >= 11 is 0. The number of rotatable bonds is 3. The van der Waals surface area contributed by atoms with E-state index in [0.29, 0.717) is 5.92 Å². The van der Waals surface area contributed by atoms with Crippen LogP contribution in [0.4, 0.5) is 5.69 Å². The van der Waals surface area contributed by atoms with E-state index < -0.39 is 11.4 Å². The molecule has 1 aromatic rings. The Morgan fingerprint density at radius 3 is 2.95 bits per heavy atom. The van der Waals surface area contributed by atoms with E-state index in [1.165, 1.54) is 12.1 Å². The second-order valence-corrected chi connectivity index (χ2v) is 5.84. The highest BCUT2D eigenvalue weighted by molar-refractivity contribution is 5.98. The molecule has 1 aromatic carbocycles. The fourth-order valence-electron chi connectivity index (χ4n) is 3.01. The maximum atomic E-state index is 12.3. The smallest absolute Gasteiger partial charge is 0.255 e. The standard InChI is InChI=1S/C15H22N2O3/c1-10-4-3-7-15(8-10,9-18)17-14(20)11-5-2-6-12(16)13(11)19/h2,5-6,10,18-19H,3-4,7-9,16H2,1H3,(H,17,20). The Kier molecular flexibility index (Phi) is 4.18. The van der Waals surface area contributed by atoms with E-state index in [0.717, 1.165) is 25.7 Å². The predicted molar refractivity (Wildman–Crippen MR) is 77.4 cm³/mol. The van der Waals surface area contributed by atoms with Crippen molar-refractivity contribution in [1.29, 1.82) is 0 Å². The molecule has 1 fully saturated rings. The van der Waals surface area contributed by atoms with Gasteiger partial charge >= 0.3 is 0 Å². The summed E-state index contributed by atoms with van der Waals surface area (Å²) < 4.78 is 0. The first-order valence-electron chi connectivity index (χ1n) is 6.98. The molecule has 20 heavy (non-hydrogen) atoms. The molecule has 2 rings (SSSR count). The molecule has 0 radical (unpaired) electrons. The number of carbonyl (C=O) groups is 1. The van der Waals surface area contributed by atoms with Crippen molar-refractivity contribution in [2.75, 3.05) is 12.3 Å². The largest absolute Gasteiger partial charge is 0.505 e. The summed E-state index contributed by atoms with van der Waals surface area (Å²) in [6.07, 6.45) is 3.59. The molecule has 0 bridgehead atoms. The van der Waals surface area contributed by atoms with Crippen molar-refractivity contribution in [3.63, 3.8) is 0 Å². The maximum Gasteiger partial charge on any atom is 0.255 e. The average molecular weight is 278 g/mol. The minimum absolute atomic E-state index is 0.0911. The molecule has 5 nitrogen and oxygen atoms in total. The third-order valence-electron chi connectivity index (χ3n) is 4.08. The zero-order valence-corrected chi connectivity index (χ0v) is 11.7. The van der Waals surface area contributed by atoms with Gasteiger partial charge in [-0.3, -0.25) is 4.79 Å². The first kappa shape index (κ1) is 14.7. The van der Waals surface area contributed by atoms with Gasteiger partial charge in [0.05, 0.1) is 23.4 Å². The van der Waals surface area contributed by atoms with Crippen molar-refractivity contribution in [3.05, 3.63) is 23.8 Å². The lowest BCUT2D eigenvalue weighted by Crippen LogP contribution is -2.53. The van der Waals surface area contributed by atoms with Crippen molar-refractivity contribution >= 4 is 11.6 Å². The Balaban J connectivity index is 2.19. The molecular formula is C15H22N2O3. The molecule has 5 heteroatoms. The predicted octanol–water partition coefficient (Wildman–Crippen LogP) is 1.65. The molecule has 5 N–H and O–H groups in total. The van der Waals surface area contributed by atoms with Crippen LogP contribution in [0.15, 0.2) is 18.2 Å². The first-order valence-corrected chi connectivity index (χ1v) is 6.98. The summed E-state index contributed by atoms with van der Waals surface area (Å²) in [5.41, 5.74) is 5.33. The van der Waals surface area contributed by atoms with Crippen LogP contribution >= 0.6 is 0 Å². The SMILES string of the molecule is CC1CCCC(CO)(NC(=O)c2cccc(N)c2O)C1. The average Bonchev–Trinajstić information content (AvgIpc) is 2.41. The summed E-state index contributed by atoms with van der Waals surface area (Å²) in [4.78, 5) is 12.3. The van der Waals surface area contributed by atoms with Crippen molar-refractivity contribution < 1.29 is 15.0 Å². The Morgan fingerprint density at radius 1 is 1.55 bits per heavy atom. The molecule has 110 valence electrons. The lowest BCUT2D eigenvalue weighted by atomic mass is 9.76. The van der Waals surface area contributed by atoms with Crippen LogP contribution in [0.25, 0.3) is 0 Å². The van der Waals surface area contributed by atoms with Crippen LogP contribution in [0, 0.1) is 5.92 Å². The Hall–Kier alpha value is -1.75. The maximum absolute atomic E-state index is 12.3. The van der Waals surface area contributed by atoms with E-state index in [1.54, 1.807) is 6.07 Å². The van der Waals surface area contributed by atoms with E-state index >= 15 is 0 Å². The zero-order chi connectivity index (χ0) is 14.8.